The molecule has 1 aromatic rings. The van der Waals surface area contributed by atoms with E-state index in [1.807, 2.05) is 6.92 Å². The topological polar surface area (TPSA) is 39.4 Å². The zero-order chi connectivity index (χ0) is 9.42. The van der Waals surface area contributed by atoms with E-state index in [1.165, 1.54) is 7.11 Å². The third kappa shape index (κ3) is 1.34. The molecule has 0 aliphatic heterocycles. The minimum atomic E-state index is -0.284. The van der Waals surface area contributed by atoms with E-state index in [2.05, 4.69) is 0 Å². The number of aryl methyl sites for hydroxylation is 1. The summed E-state index contributed by atoms with van der Waals surface area (Å²) in [5.74, 6) is 0.972. The first kappa shape index (κ1) is 8.35. The second-order valence-electron chi connectivity index (χ2n) is 3.42. The van der Waals surface area contributed by atoms with Crippen molar-refractivity contribution in [1.29, 1.82) is 0 Å². The first-order valence-electron chi connectivity index (χ1n) is 4.40. The van der Waals surface area contributed by atoms with Crippen LogP contribution in [0.25, 0.3) is 0 Å². The van der Waals surface area contributed by atoms with Gasteiger partial charge in [0.1, 0.15) is 11.3 Å². The van der Waals surface area contributed by atoms with E-state index in [9.17, 15) is 4.79 Å². The van der Waals surface area contributed by atoms with Crippen LogP contribution in [0.4, 0.5) is 0 Å². The number of hydrogen-bond acceptors (Lipinski definition) is 3. The van der Waals surface area contributed by atoms with Crippen molar-refractivity contribution in [3.63, 3.8) is 0 Å². The smallest absolute Gasteiger partial charge is 0.341 e. The Morgan fingerprint density at radius 3 is 2.85 bits per heavy atom. The summed E-state index contributed by atoms with van der Waals surface area (Å²) in [5, 5.41) is 0. The van der Waals surface area contributed by atoms with Crippen LogP contribution in [0.2, 0.25) is 0 Å². The molecule has 13 heavy (non-hydrogen) atoms. The Morgan fingerprint density at radius 2 is 2.31 bits per heavy atom. The maximum Gasteiger partial charge on any atom is 0.341 e. The molecule has 0 bridgehead atoms. The van der Waals surface area contributed by atoms with Crippen LogP contribution in [0.3, 0.4) is 0 Å². The first-order chi connectivity index (χ1) is 6.24. The van der Waals surface area contributed by atoms with Crippen molar-refractivity contribution in [2.24, 2.45) is 0 Å². The average Bonchev–Trinajstić information content (AvgIpc) is 2.89. The number of hydrogen-bond donors (Lipinski definition) is 0. The summed E-state index contributed by atoms with van der Waals surface area (Å²) in [5.41, 5.74) is 1.50. The molecule has 0 aromatic carbocycles. The molecule has 0 atom stereocenters. The normalized spacial score (nSPS) is 15.8. The van der Waals surface area contributed by atoms with Gasteiger partial charge in [-0.05, 0) is 19.8 Å². The number of ether oxygens (including phenoxy) is 1. The van der Waals surface area contributed by atoms with Gasteiger partial charge in [-0.3, -0.25) is 0 Å². The van der Waals surface area contributed by atoms with E-state index in [4.69, 9.17) is 9.15 Å². The molecular formula is C10H12O3. The fourth-order valence-electron chi connectivity index (χ4n) is 1.47. The number of carbonyl (C=O) groups excluding carboxylic acids is 1. The summed E-state index contributed by atoms with van der Waals surface area (Å²) >= 11 is 0. The molecule has 3 nitrogen and oxygen atoms in total. The van der Waals surface area contributed by atoms with Crippen molar-refractivity contribution < 1.29 is 13.9 Å². The van der Waals surface area contributed by atoms with Crippen LogP contribution in [0.5, 0.6) is 0 Å². The quantitative estimate of drug-likeness (QED) is 0.655. The van der Waals surface area contributed by atoms with E-state index >= 15 is 0 Å². The lowest BCUT2D eigenvalue weighted by Gasteiger charge is -1.99. The lowest BCUT2D eigenvalue weighted by Crippen LogP contribution is -2.04. The molecular weight excluding hydrogens is 168 g/mol. The Hall–Kier alpha value is -1.25. The summed E-state index contributed by atoms with van der Waals surface area (Å²) in [4.78, 5) is 11.4. The molecule has 0 spiro atoms. The van der Waals surface area contributed by atoms with Gasteiger partial charge < -0.3 is 9.15 Å². The lowest BCUT2D eigenvalue weighted by molar-refractivity contribution is 0.0597. The Morgan fingerprint density at radius 1 is 1.62 bits per heavy atom. The Balaban J connectivity index is 2.39. The Labute approximate surface area is 76.7 Å². The van der Waals surface area contributed by atoms with Crippen LogP contribution < -0.4 is 0 Å². The van der Waals surface area contributed by atoms with Gasteiger partial charge >= 0.3 is 5.97 Å². The first-order valence-corrected chi connectivity index (χ1v) is 4.40. The average molecular weight is 180 g/mol. The zero-order valence-electron chi connectivity index (χ0n) is 7.79. The molecule has 1 aliphatic rings. The molecule has 1 aliphatic carbocycles. The third-order valence-corrected chi connectivity index (χ3v) is 2.34. The monoisotopic (exact) mass is 180 g/mol. The van der Waals surface area contributed by atoms with E-state index in [0.717, 1.165) is 24.2 Å². The second-order valence-corrected chi connectivity index (χ2v) is 3.42. The van der Waals surface area contributed by atoms with Crippen LogP contribution in [0.15, 0.2) is 10.7 Å². The molecule has 0 unspecified atom stereocenters. The number of carbonyl (C=O) groups is 1. The Kier molecular flexibility index (Phi) is 1.87. The van der Waals surface area contributed by atoms with Gasteiger partial charge in [-0.15, -0.1) is 0 Å². The highest BCUT2D eigenvalue weighted by Gasteiger charge is 2.32. The highest BCUT2D eigenvalue weighted by atomic mass is 16.5. The predicted octanol–water partition coefficient (Wildman–Crippen LogP) is 2.25. The number of methoxy groups -OCH3 is 1. The number of esters is 1. The van der Waals surface area contributed by atoms with Crippen molar-refractivity contribution in [3.8, 4) is 0 Å². The standard InChI is InChI=1S/C10H12O3/c1-6-5-13-9(7-3-4-7)8(6)10(11)12-2/h5,7H,3-4H2,1-2H3. The lowest BCUT2D eigenvalue weighted by atomic mass is 10.1. The van der Waals surface area contributed by atoms with Crippen molar-refractivity contribution in [2.75, 3.05) is 7.11 Å². The van der Waals surface area contributed by atoms with Gasteiger partial charge in [-0.25, -0.2) is 4.79 Å². The number of rotatable bonds is 2. The fourth-order valence-corrected chi connectivity index (χ4v) is 1.47. The van der Waals surface area contributed by atoms with Gasteiger partial charge in [0, 0.05) is 11.5 Å². The maximum atomic E-state index is 11.4. The predicted molar refractivity (Wildman–Crippen MR) is 46.8 cm³/mol. The fraction of sp³-hybridized carbons (Fsp3) is 0.500. The zero-order valence-corrected chi connectivity index (χ0v) is 7.79. The van der Waals surface area contributed by atoms with Gasteiger partial charge in [-0.2, -0.15) is 0 Å². The highest BCUT2D eigenvalue weighted by molar-refractivity contribution is 5.92. The van der Waals surface area contributed by atoms with E-state index in [1.54, 1.807) is 6.26 Å². The van der Waals surface area contributed by atoms with Gasteiger partial charge in [0.2, 0.25) is 0 Å². The number of furan rings is 1. The van der Waals surface area contributed by atoms with E-state index in [-0.39, 0.29) is 5.97 Å². The molecule has 0 N–H and O–H groups in total. The van der Waals surface area contributed by atoms with Crippen LogP contribution >= 0.6 is 0 Å². The minimum absolute atomic E-state index is 0.284. The molecule has 1 heterocycles. The van der Waals surface area contributed by atoms with Crippen LogP contribution in [0.1, 0.15) is 40.4 Å². The summed E-state index contributed by atoms with van der Waals surface area (Å²) in [6, 6.07) is 0. The summed E-state index contributed by atoms with van der Waals surface area (Å²) in [6.45, 7) is 1.86. The molecule has 0 radical (unpaired) electrons. The molecule has 70 valence electrons. The second kappa shape index (κ2) is 2.91. The van der Waals surface area contributed by atoms with E-state index in [0.29, 0.717) is 11.5 Å². The van der Waals surface area contributed by atoms with Crippen LogP contribution in [0, 0.1) is 6.92 Å². The molecule has 1 aromatic heterocycles. The summed E-state index contributed by atoms with van der Waals surface area (Å²) in [7, 11) is 1.39. The van der Waals surface area contributed by atoms with Crippen LogP contribution in [-0.2, 0) is 4.74 Å². The van der Waals surface area contributed by atoms with Crippen molar-refractivity contribution in [2.45, 2.75) is 25.7 Å². The minimum Gasteiger partial charge on any atom is -0.468 e. The van der Waals surface area contributed by atoms with Gasteiger partial charge in [0.05, 0.1) is 13.4 Å². The van der Waals surface area contributed by atoms with Crippen molar-refractivity contribution in [1.82, 2.24) is 0 Å². The molecule has 1 fully saturated rings. The SMILES string of the molecule is COC(=O)c1c(C)coc1C1CC1. The molecule has 0 amide bonds. The molecule has 2 rings (SSSR count). The largest absolute Gasteiger partial charge is 0.468 e. The van der Waals surface area contributed by atoms with Crippen molar-refractivity contribution in [3.05, 3.63) is 23.2 Å². The van der Waals surface area contributed by atoms with Gasteiger partial charge in [-0.1, -0.05) is 0 Å². The van der Waals surface area contributed by atoms with Gasteiger partial charge in [0.15, 0.2) is 0 Å². The highest BCUT2D eigenvalue weighted by Crippen LogP contribution is 2.43. The molecule has 0 saturated heterocycles. The Bertz CT molecular complexity index is 334. The van der Waals surface area contributed by atoms with Gasteiger partial charge in [0.25, 0.3) is 0 Å². The van der Waals surface area contributed by atoms with Crippen molar-refractivity contribution >= 4 is 5.97 Å². The maximum absolute atomic E-state index is 11.4. The van der Waals surface area contributed by atoms with Crippen LogP contribution in [-0.4, -0.2) is 13.1 Å². The molecule has 3 heteroatoms. The summed E-state index contributed by atoms with van der Waals surface area (Å²) in [6.07, 6.45) is 3.87. The molecule has 1 saturated carbocycles. The third-order valence-electron chi connectivity index (χ3n) is 2.34. The van der Waals surface area contributed by atoms with E-state index < -0.39 is 0 Å². The summed E-state index contributed by atoms with van der Waals surface area (Å²) < 4.78 is 10.0.